The van der Waals surface area contributed by atoms with Gasteiger partial charge in [-0.15, -0.1) is 12.4 Å². The average Bonchev–Trinajstić information content (AvgIpc) is 2.85. The van der Waals surface area contributed by atoms with E-state index in [1.165, 1.54) is 12.1 Å². The molecule has 2 rings (SSSR count). The lowest BCUT2D eigenvalue weighted by molar-refractivity contribution is 0.129. The van der Waals surface area contributed by atoms with Crippen molar-refractivity contribution in [2.45, 2.75) is 50.2 Å². The van der Waals surface area contributed by atoms with Crippen LogP contribution in [0.25, 0.3) is 0 Å². The van der Waals surface area contributed by atoms with Gasteiger partial charge < -0.3 is 25.1 Å². The Hall–Kier alpha value is -1.88. The largest absolute Gasteiger partial charge is 0.493 e. The number of methoxy groups -OCH3 is 2. The Morgan fingerprint density at radius 3 is 2.33 bits per heavy atom. The SMILES string of the molecule is COCCCOc1cc(CC(CC(N)C(O)CNS(=O)(=O)c2ccccc2)C(C)C)ccc1OC.Cl. The van der Waals surface area contributed by atoms with Gasteiger partial charge in [0.2, 0.25) is 10.0 Å². The van der Waals surface area contributed by atoms with Crippen LogP contribution in [0, 0.1) is 11.8 Å². The first-order valence-electron chi connectivity index (χ1n) is 11.9. The minimum absolute atomic E-state index is 0. The molecule has 0 aromatic heterocycles. The third-order valence-electron chi connectivity index (χ3n) is 6.02. The van der Waals surface area contributed by atoms with E-state index < -0.39 is 22.2 Å². The van der Waals surface area contributed by atoms with E-state index in [0.29, 0.717) is 37.1 Å². The van der Waals surface area contributed by atoms with Gasteiger partial charge in [-0.2, -0.15) is 0 Å². The van der Waals surface area contributed by atoms with Crippen molar-refractivity contribution in [2.75, 3.05) is 34.0 Å². The topological polar surface area (TPSA) is 120 Å². The van der Waals surface area contributed by atoms with Gasteiger partial charge in [-0.25, -0.2) is 13.1 Å². The maximum absolute atomic E-state index is 12.4. The van der Waals surface area contributed by atoms with Crippen LogP contribution in [0.3, 0.4) is 0 Å². The highest BCUT2D eigenvalue weighted by atomic mass is 35.5. The molecule has 0 amide bonds. The third-order valence-corrected chi connectivity index (χ3v) is 7.46. The Labute approximate surface area is 222 Å². The smallest absolute Gasteiger partial charge is 0.240 e. The lowest BCUT2D eigenvalue weighted by Gasteiger charge is -2.27. The van der Waals surface area contributed by atoms with Crippen molar-refractivity contribution in [3.8, 4) is 11.5 Å². The average molecular weight is 545 g/mol. The van der Waals surface area contributed by atoms with Crippen molar-refractivity contribution < 1.29 is 27.7 Å². The molecule has 0 fully saturated rings. The fourth-order valence-corrected chi connectivity index (χ4v) is 4.85. The Kier molecular flexibility index (Phi) is 14.3. The number of ether oxygens (including phenoxy) is 3. The van der Waals surface area contributed by atoms with Gasteiger partial charge in [-0.1, -0.05) is 38.1 Å². The summed E-state index contributed by atoms with van der Waals surface area (Å²) < 4.78 is 43.7. The summed E-state index contributed by atoms with van der Waals surface area (Å²) in [6, 6.07) is 13.4. The van der Waals surface area contributed by atoms with E-state index in [1.807, 2.05) is 18.2 Å². The number of sulfonamides is 1. The standard InChI is InChI=1S/C26H40N2O6S.ClH/c1-19(2)21(15-20-11-12-25(33-4)26(16-20)34-14-8-13-32-3)17-23(27)24(29)18-28-35(30,31)22-9-6-5-7-10-22;/h5-7,9-12,16,19,21,23-24,28-29H,8,13-15,17-18,27H2,1-4H3;1H. The Morgan fingerprint density at radius 2 is 1.72 bits per heavy atom. The van der Waals surface area contributed by atoms with Crippen molar-refractivity contribution in [3.05, 3.63) is 54.1 Å². The molecule has 0 spiro atoms. The molecule has 0 radical (unpaired) electrons. The van der Waals surface area contributed by atoms with Crippen LogP contribution in [0.4, 0.5) is 0 Å². The van der Waals surface area contributed by atoms with Crippen molar-refractivity contribution in [1.82, 2.24) is 4.72 Å². The molecule has 2 aromatic rings. The second-order valence-corrected chi connectivity index (χ2v) is 10.8. The normalized spacial score (nSPS) is 14.1. The van der Waals surface area contributed by atoms with Crippen molar-refractivity contribution in [3.63, 3.8) is 0 Å². The molecule has 0 saturated heterocycles. The number of nitrogens with one attached hydrogen (secondary N) is 1. The fraction of sp³-hybridized carbons (Fsp3) is 0.538. The van der Waals surface area contributed by atoms with E-state index in [4.69, 9.17) is 19.9 Å². The maximum atomic E-state index is 12.4. The zero-order valence-electron chi connectivity index (χ0n) is 21.6. The van der Waals surface area contributed by atoms with Gasteiger partial charge in [0.15, 0.2) is 11.5 Å². The molecule has 0 bridgehead atoms. The van der Waals surface area contributed by atoms with Gasteiger partial charge in [0, 0.05) is 32.7 Å². The van der Waals surface area contributed by atoms with Crippen LogP contribution in [0.2, 0.25) is 0 Å². The van der Waals surface area contributed by atoms with Gasteiger partial charge in [0.1, 0.15) is 0 Å². The summed E-state index contributed by atoms with van der Waals surface area (Å²) in [6.07, 6.45) is 1.05. The van der Waals surface area contributed by atoms with Gasteiger partial charge in [0.05, 0.1) is 24.7 Å². The molecular formula is C26H41ClN2O6S. The lowest BCUT2D eigenvalue weighted by Crippen LogP contribution is -2.44. The molecule has 0 aliphatic heterocycles. The van der Waals surface area contributed by atoms with Crippen LogP contribution in [-0.4, -0.2) is 59.6 Å². The summed E-state index contributed by atoms with van der Waals surface area (Å²) in [5.74, 6) is 1.84. The molecule has 3 unspecified atom stereocenters. The number of benzene rings is 2. The second kappa shape index (κ2) is 16.1. The van der Waals surface area contributed by atoms with Crippen LogP contribution in [-0.2, 0) is 21.2 Å². The molecule has 2 aromatic carbocycles. The molecule has 0 heterocycles. The zero-order valence-corrected chi connectivity index (χ0v) is 23.2. The third kappa shape index (κ3) is 10.2. The summed E-state index contributed by atoms with van der Waals surface area (Å²) in [4.78, 5) is 0.153. The zero-order chi connectivity index (χ0) is 25.8. The second-order valence-electron chi connectivity index (χ2n) is 9.02. The minimum atomic E-state index is -3.70. The van der Waals surface area contributed by atoms with E-state index in [-0.39, 0.29) is 29.8 Å². The summed E-state index contributed by atoms with van der Waals surface area (Å²) >= 11 is 0. The van der Waals surface area contributed by atoms with Crippen LogP contribution in [0.15, 0.2) is 53.4 Å². The first-order chi connectivity index (χ1) is 16.7. The Morgan fingerprint density at radius 1 is 1.03 bits per heavy atom. The summed E-state index contributed by atoms with van der Waals surface area (Å²) in [5.41, 5.74) is 7.39. The summed E-state index contributed by atoms with van der Waals surface area (Å²) in [5, 5.41) is 10.6. The quantitative estimate of drug-likeness (QED) is 0.277. The highest BCUT2D eigenvalue weighted by Crippen LogP contribution is 2.31. The molecule has 0 aliphatic carbocycles. The number of nitrogens with two attached hydrogens (primary N) is 1. The fourth-order valence-electron chi connectivity index (χ4n) is 3.78. The molecule has 10 heteroatoms. The van der Waals surface area contributed by atoms with Crippen molar-refractivity contribution >= 4 is 22.4 Å². The summed E-state index contributed by atoms with van der Waals surface area (Å²) in [6.45, 7) is 5.24. The van der Waals surface area contributed by atoms with E-state index >= 15 is 0 Å². The van der Waals surface area contributed by atoms with E-state index in [9.17, 15) is 13.5 Å². The molecular weight excluding hydrogens is 504 g/mol. The van der Waals surface area contributed by atoms with E-state index in [0.717, 1.165) is 18.4 Å². The van der Waals surface area contributed by atoms with Crippen LogP contribution >= 0.6 is 12.4 Å². The number of hydrogen-bond acceptors (Lipinski definition) is 7. The molecule has 0 saturated carbocycles. The van der Waals surface area contributed by atoms with Crippen LogP contribution in [0.1, 0.15) is 32.3 Å². The monoisotopic (exact) mass is 544 g/mol. The van der Waals surface area contributed by atoms with Gasteiger partial charge >= 0.3 is 0 Å². The van der Waals surface area contributed by atoms with Crippen molar-refractivity contribution in [1.29, 1.82) is 0 Å². The highest BCUT2D eigenvalue weighted by molar-refractivity contribution is 7.89. The molecule has 0 aliphatic rings. The molecule has 3 atom stereocenters. The minimum Gasteiger partial charge on any atom is -0.493 e. The molecule has 36 heavy (non-hydrogen) atoms. The predicted octanol–water partition coefficient (Wildman–Crippen LogP) is 3.40. The first kappa shape index (κ1) is 32.1. The Bertz CT molecular complexity index is 991. The van der Waals surface area contributed by atoms with Crippen LogP contribution in [0.5, 0.6) is 11.5 Å². The van der Waals surface area contributed by atoms with Crippen molar-refractivity contribution in [2.24, 2.45) is 17.6 Å². The van der Waals surface area contributed by atoms with Gasteiger partial charge in [0.25, 0.3) is 0 Å². The number of rotatable bonds is 16. The number of aliphatic hydroxyl groups excluding tert-OH is 1. The maximum Gasteiger partial charge on any atom is 0.240 e. The lowest BCUT2D eigenvalue weighted by atomic mass is 9.83. The molecule has 4 N–H and O–H groups in total. The summed E-state index contributed by atoms with van der Waals surface area (Å²) in [7, 11) is -0.433. The molecule has 8 nitrogen and oxygen atoms in total. The number of hydrogen-bond donors (Lipinski definition) is 3. The van der Waals surface area contributed by atoms with E-state index in [2.05, 4.69) is 18.6 Å². The number of halogens is 1. The molecule has 204 valence electrons. The Balaban J connectivity index is 0.00000648. The van der Waals surface area contributed by atoms with Crippen LogP contribution < -0.4 is 19.9 Å². The van der Waals surface area contributed by atoms with E-state index in [1.54, 1.807) is 32.4 Å². The highest BCUT2D eigenvalue weighted by Gasteiger charge is 2.25. The first-order valence-corrected chi connectivity index (χ1v) is 13.4. The van der Waals surface area contributed by atoms with Gasteiger partial charge in [-0.3, -0.25) is 0 Å². The number of aliphatic hydroxyl groups is 1. The van der Waals surface area contributed by atoms with Gasteiger partial charge in [-0.05, 0) is 54.5 Å². The predicted molar refractivity (Wildman–Crippen MR) is 144 cm³/mol.